The quantitative estimate of drug-likeness (QED) is 0.859. The van der Waals surface area contributed by atoms with Gasteiger partial charge in [0, 0.05) is 18.3 Å². The lowest BCUT2D eigenvalue weighted by Crippen LogP contribution is -2.54. The molecule has 0 aromatic carbocycles. The summed E-state index contributed by atoms with van der Waals surface area (Å²) in [5.74, 6) is 4.03. The molecule has 0 spiro atoms. The van der Waals surface area contributed by atoms with Crippen molar-refractivity contribution in [2.24, 2.45) is 23.7 Å². The van der Waals surface area contributed by atoms with E-state index in [0.29, 0.717) is 6.04 Å². The molecular formula is C15H23N3. The largest absolute Gasteiger partial charge is 0.306 e. The zero-order valence-electron chi connectivity index (χ0n) is 11.1. The Morgan fingerprint density at radius 2 is 1.83 bits per heavy atom. The number of H-pyrrole nitrogens is 1. The first-order chi connectivity index (χ1) is 8.79. The van der Waals surface area contributed by atoms with E-state index in [9.17, 15) is 0 Å². The van der Waals surface area contributed by atoms with E-state index in [0.717, 1.165) is 29.7 Å². The van der Waals surface area contributed by atoms with Gasteiger partial charge in [-0.15, -0.1) is 0 Å². The molecule has 1 atom stereocenters. The molecule has 1 unspecified atom stereocenters. The van der Waals surface area contributed by atoms with Crippen LogP contribution in [0.15, 0.2) is 12.3 Å². The Morgan fingerprint density at radius 3 is 2.39 bits per heavy atom. The maximum atomic E-state index is 4.06. The van der Waals surface area contributed by atoms with Crippen molar-refractivity contribution in [3.05, 3.63) is 18.0 Å². The maximum absolute atomic E-state index is 4.06. The Bertz CT molecular complexity index is 383. The molecule has 18 heavy (non-hydrogen) atoms. The minimum absolute atomic E-state index is 0.412. The van der Waals surface area contributed by atoms with Crippen LogP contribution in [0.3, 0.4) is 0 Å². The Morgan fingerprint density at radius 1 is 1.17 bits per heavy atom. The fourth-order valence-corrected chi connectivity index (χ4v) is 5.08. The molecule has 1 heterocycles. The van der Waals surface area contributed by atoms with Gasteiger partial charge in [0.15, 0.2) is 0 Å². The van der Waals surface area contributed by atoms with Crippen molar-refractivity contribution in [3.63, 3.8) is 0 Å². The lowest BCUT2D eigenvalue weighted by atomic mass is 9.54. The SMILES string of the molecule is CC(NC1C2CC3CC(C2)CC1C3)c1ccn[nH]1. The molecule has 1 aromatic heterocycles. The first-order valence-electron chi connectivity index (χ1n) is 7.55. The second-order valence-electron chi connectivity index (χ2n) is 6.86. The maximum Gasteiger partial charge on any atom is 0.0518 e. The molecule has 2 N–H and O–H groups in total. The van der Waals surface area contributed by atoms with E-state index >= 15 is 0 Å². The zero-order valence-corrected chi connectivity index (χ0v) is 11.1. The van der Waals surface area contributed by atoms with Crippen molar-refractivity contribution in [2.75, 3.05) is 0 Å². The van der Waals surface area contributed by atoms with E-state index < -0.39 is 0 Å². The van der Waals surface area contributed by atoms with Crippen LogP contribution < -0.4 is 5.32 Å². The number of hydrogen-bond donors (Lipinski definition) is 2. The molecule has 0 saturated heterocycles. The Balaban J connectivity index is 1.49. The van der Waals surface area contributed by atoms with Gasteiger partial charge in [0.1, 0.15) is 0 Å². The molecular weight excluding hydrogens is 222 g/mol. The summed E-state index contributed by atoms with van der Waals surface area (Å²) in [6.45, 7) is 2.26. The molecule has 3 heteroatoms. The highest BCUT2D eigenvalue weighted by atomic mass is 15.1. The van der Waals surface area contributed by atoms with Gasteiger partial charge in [0.25, 0.3) is 0 Å². The van der Waals surface area contributed by atoms with Crippen molar-refractivity contribution in [3.8, 4) is 0 Å². The molecule has 4 aliphatic rings. The molecule has 98 valence electrons. The average molecular weight is 245 g/mol. The highest BCUT2D eigenvalue weighted by molar-refractivity contribution is 5.07. The third kappa shape index (κ3) is 1.71. The summed E-state index contributed by atoms with van der Waals surface area (Å²) in [6, 6.07) is 3.26. The second-order valence-corrected chi connectivity index (χ2v) is 6.86. The van der Waals surface area contributed by atoms with E-state index in [4.69, 9.17) is 0 Å². The van der Waals surface area contributed by atoms with Crippen molar-refractivity contribution in [1.29, 1.82) is 0 Å². The van der Waals surface area contributed by atoms with E-state index in [2.05, 4.69) is 28.5 Å². The van der Waals surface area contributed by atoms with Crippen molar-refractivity contribution in [1.82, 2.24) is 15.5 Å². The Labute approximate surface area is 109 Å². The number of aromatic amines is 1. The molecule has 0 radical (unpaired) electrons. The summed E-state index contributed by atoms with van der Waals surface area (Å²) in [5, 5.41) is 11.1. The van der Waals surface area contributed by atoms with Gasteiger partial charge in [-0.2, -0.15) is 5.10 Å². The second kappa shape index (κ2) is 4.09. The molecule has 0 aliphatic heterocycles. The highest BCUT2D eigenvalue weighted by Gasteiger charge is 2.48. The van der Waals surface area contributed by atoms with Gasteiger partial charge in [0.05, 0.1) is 5.69 Å². The summed E-state index contributed by atoms with van der Waals surface area (Å²) < 4.78 is 0. The van der Waals surface area contributed by atoms with Gasteiger partial charge >= 0.3 is 0 Å². The predicted molar refractivity (Wildman–Crippen MR) is 71.0 cm³/mol. The molecule has 4 aliphatic carbocycles. The van der Waals surface area contributed by atoms with E-state index in [1.54, 1.807) is 0 Å². The standard InChI is InChI=1S/C15H23N3/c1-9(14-2-3-16-18-14)17-15-12-5-10-4-11(7-12)8-13(15)6-10/h2-3,9-13,15,17H,4-8H2,1H3,(H,16,18). The number of nitrogens with zero attached hydrogens (tertiary/aromatic N) is 1. The fourth-order valence-electron chi connectivity index (χ4n) is 5.08. The van der Waals surface area contributed by atoms with Crippen molar-refractivity contribution in [2.45, 2.75) is 51.1 Å². The van der Waals surface area contributed by atoms with Crippen molar-refractivity contribution >= 4 is 0 Å². The van der Waals surface area contributed by atoms with E-state index in [1.807, 2.05) is 6.20 Å². The predicted octanol–water partition coefficient (Wildman–Crippen LogP) is 2.89. The topological polar surface area (TPSA) is 40.7 Å². The van der Waals surface area contributed by atoms with Gasteiger partial charge in [-0.3, -0.25) is 5.10 Å². The smallest absolute Gasteiger partial charge is 0.0518 e. The Hall–Kier alpha value is -0.830. The molecule has 4 fully saturated rings. The summed E-state index contributed by atoms with van der Waals surface area (Å²) >= 11 is 0. The van der Waals surface area contributed by atoms with E-state index in [1.165, 1.54) is 37.8 Å². The number of rotatable bonds is 3. The number of hydrogen-bond acceptors (Lipinski definition) is 2. The van der Waals surface area contributed by atoms with Crippen LogP contribution in [0, 0.1) is 23.7 Å². The minimum Gasteiger partial charge on any atom is -0.306 e. The first-order valence-corrected chi connectivity index (χ1v) is 7.55. The monoisotopic (exact) mass is 245 g/mol. The molecule has 1 aromatic rings. The van der Waals surface area contributed by atoms with Crippen LogP contribution in [0.25, 0.3) is 0 Å². The lowest BCUT2D eigenvalue weighted by Gasteiger charge is -2.55. The minimum atomic E-state index is 0.412. The molecule has 5 rings (SSSR count). The summed E-state index contributed by atoms with van der Waals surface area (Å²) in [7, 11) is 0. The first kappa shape index (κ1) is 11.0. The average Bonchev–Trinajstić information content (AvgIpc) is 2.86. The number of nitrogens with one attached hydrogen (secondary N) is 2. The molecule has 4 bridgehead atoms. The van der Waals surface area contributed by atoms with Crippen LogP contribution >= 0.6 is 0 Å². The van der Waals surface area contributed by atoms with Crippen LogP contribution in [0.4, 0.5) is 0 Å². The molecule has 0 amide bonds. The van der Waals surface area contributed by atoms with Gasteiger partial charge in [-0.1, -0.05) is 0 Å². The molecule has 3 nitrogen and oxygen atoms in total. The van der Waals surface area contributed by atoms with Gasteiger partial charge < -0.3 is 5.32 Å². The summed E-state index contributed by atoms with van der Waals surface area (Å²) in [4.78, 5) is 0. The van der Waals surface area contributed by atoms with Gasteiger partial charge in [-0.05, 0) is 68.8 Å². The summed E-state index contributed by atoms with van der Waals surface area (Å²) in [6.07, 6.45) is 9.33. The van der Waals surface area contributed by atoms with Crippen LogP contribution in [0.2, 0.25) is 0 Å². The van der Waals surface area contributed by atoms with Crippen LogP contribution in [0.5, 0.6) is 0 Å². The highest BCUT2D eigenvalue weighted by Crippen LogP contribution is 2.54. The Kier molecular flexibility index (Phi) is 2.51. The van der Waals surface area contributed by atoms with Crippen molar-refractivity contribution < 1.29 is 0 Å². The van der Waals surface area contributed by atoms with Gasteiger partial charge in [0.2, 0.25) is 0 Å². The fraction of sp³-hybridized carbons (Fsp3) is 0.800. The van der Waals surface area contributed by atoms with E-state index in [-0.39, 0.29) is 0 Å². The lowest BCUT2D eigenvalue weighted by molar-refractivity contribution is -0.0172. The third-order valence-corrected chi connectivity index (χ3v) is 5.66. The zero-order chi connectivity index (χ0) is 12.1. The molecule has 4 saturated carbocycles. The van der Waals surface area contributed by atoms with Crippen LogP contribution in [-0.4, -0.2) is 16.2 Å². The van der Waals surface area contributed by atoms with Crippen LogP contribution in [-0.2, 0) is 0 Å². The number of aromatic nitrogens is 2. The van der Waals surface area contributed by atoms with Crippen LogP contribution in [0.1, 0.15) is 50.8 Å². The normalized spacial score (nSPS) is 43.3. The van der Waals surface area contributed by atoms with Gasteiger partial charge in [-0.25, -0.2) is 0 Å². The summed E-state index contributed by atoms with van der Waals surface area (Å²) in [5.41, 5.74) is 1.23. The third-order valence-electron chi connectivity index (χ3n) is 5.66.